The summed E-state index contributed by atoms with van der Waals surface area (Å²) < 4.78 is 30.1. The highest BCUT2D eigenvalue weighted by molar-refractivity contribution is 7.93. The minimum Gasteiger partial charge on any atom is -0.371 e. The quantitative estimate of drug-likeness (QED) is 0.298. The first kappa shape index (κ1) is 27.3. The molecule has 0 bridgehead atoms. The second-order valence-corrected chi connectivity index (χ2v) is 12.1. The summed E-state index contributed by atoms with van der Waals surface area (Å²) >= 11 is 0. The van der Waals surface area contributed by atoms with E-state index in [2.05, 4.69) is 29.8 Å². The number of unbranched alkanes of at least 4 members (excludes halogenated alkanes) is 2. The maximum atomic E-state index is 14.2. The van der Waals surface area contributed by atoms with Gasteiger partial charge in [-0.2, -0.15) is 0 Å². The molecule has 2 atom stereocenters. The van der Waals surface area contributed by atoms with Gasteiger partial charge in [0.05, 0.1) is 22.3 Å². The minimum absolute atomic E-state index is 0.164. The highest BCUT2D eigenvalue weighted by Crippen LogP contribution is 2.41. The van der Waals surface area contributed by atoms with E-state index in [0.29, 0.717) is 11.4 Å². The number of hydrogen-bond acceptors (Lipinski definition) is 4. The lowest BCUT2D eigenvalue weighted by Gasteiger charge is -2.42. The molecule has 0 aromatic heterocycles. The number of hydrogen-bond donors (Lipinski definition) is 1. The van der Waals surface area contributed by atoms with Crippen LogP contribution in [-0.2, 0) is 10.0 Å². The molecule has 3 rings (SSSR count). The van der Waals surface area contributed by atoms with Crippen molar-refractivity contribution in [3.8, 4) is 0 Å². The van der Waals surface area contributed by atoms with Gasteiger partial charge in [-0.25, -0.2) is 8.42 Å². The maximum Gasteiger partial charge on any atom is 0.264 e. The largest absolute Gasteiger partial charge is 0.371 e. The zero-order valence-corrected chi connectivity index (χ0v) is 23.2. The summed E-state index contributed by atoms with van der Waals surface area (Å²) in [6, 6.07) is 11.9. The molecule has 1 aliphatic heterocycles. The van der Waals surface area contributed by atoms with Crippen molar-refractivity contribution in [3.05, 3.63) is 65.2 Å². The number of para-hydroxylation sites is 1. The SMILES string of the molecule is C=C(C)CCCCCC(CNC)c1ccc(C)c(S(=O)(=O)N2c3c(C)cccc3N(C)C[C@H]2C)c1. The van der Waals surface area contributed by atoms with Crippen molar-refractivity contribution < 1.29 is 8.42 Å². The minimum atomic E-state index is -3.73. The summed E-state index contributed by atoms with van der Waals surface area (Å²) in [5.74, 6) is 0.276. The standard InChI is InChI=1S/C29H43N3O2S/c1-21(2)12-9-8-10-14-26(19-30-6)25-17-16-22(3)28(18-25)35(33,34)32-24(5)20-31(7)27-15-11-13-23(4)29(27)32/h11,13,15-18,24,26,30H,1,8-10,12,14,19-20H2,2-7H3/t24-,26?/m1/s1. The van der Waals surface area contributed by atoms with Crippen molar-refractivity contribution in [1.82, 2.24) is 5.32 Å². The van der Waals surface area contributed by atoms with Crippen LogP contribution in [0.1, 0.15) is 68.6 Å². The lowest BCUT2D eigenvalue weighted by atomic mass is 9.92. The second-order valence-electron chi connectivity index (χ2n) is 10.3. The number of nitrogens with one attached hydrogen (secondary N) is 1. The van der Waals surface area contributed by atoms with Gasteiger partial charge >= 0.3 is 0 Å². The Kier molecular flexibility index (Phi) is 9.05. The molecule has 0 saturated carbocycles. The first-order chi connectivity index (χ1) is 16.6. The van der Waals surface area contributed by atoms with E-state index in [9.17, 15) is 8.42 Å². The van der Waals surface area contributed by atoms with Crippen LogP contribution in [0.2, 0.25) is 0 Å². The number of aryl methyl sites for hydroxylation is 2. The van der Waals surface area contributed by atoms with E-state index in [1.165, 1.54) is 12.0 Å². The summed E-state index contributed by atoms with van der Waals surface area (Å²) in [5, 5.41) is 3.31. The van der Waals surface area contributed by atoms with Crippen LogP contribution in [0.15, 0.2) is 53.4 Å². The number of sulfonamides is 1. The molecule has 0 aliphatic carbocycles. The van der Waals surface area contributed by atoms with Gasteiger partial charge in [-0.05, 0) is 88.7 Å². The second kappa shape index (κ2) is 11.6. The third-order valence-corrected chi connectivity index (χ3v) is 9.17. The molecule has 0 fully saturated rings. The molecule has 0 spiro atoms. The summed E-state index contributed by atoms with van der Waals surface area (Å²) in [5.41, 5.74) is 5.85. The average molecular weight is 498 g/mol. The van der Waals surface area contributed by atoms with Crippen LogP contribution >= 0.6 is 0 Å². The van der Waals surface area contributed by atoms with Crippen LogP contribution in [-0.4, -0.2) is 41.6 Å². The molecule has 1 aliphatic rings. The Morgan fingerprint density at radius 3 is 2.57 bits per heavy atom. The van der Waals surface area contributed by atoms with E-state index in [1.807, 2.05) is 65.2 Å². The van der Waals surface area contributed by atoms with Crippen LogP contribution in [0, 0.1) is 13.8 Å². The Hall–Kier alpha value is -2.31. The molecular weight excluding hydrogens is 454 g/mol. The van der Waals surface area contributed by atoms with Gasteiger partial charge in [-0.1, -0.05) is 42.7 Å². The van der Waals surface area contributed by atoms with E-state index in [4.69, 9.17) is 0 Å². The number of nitrogens with zero attached hydrogens (tertiary/aromatic N) is 2. The first-order valence-corrected chi connectivity index (χ1v) is 14.3. The molecule has 192 valence electrons. The van der Waals surface area contributed by atoms with Gasteiger partial charge < -0.3 is 10.2 Å². The summed E-state index contributed by atoms with van der Waals surface area (Å²) in [6.07, 6.45) is 5.56. The third-order valence-electron chi connectivity index (χ3n) is 7.11. The van der Waals surface area contributed by atoms with Crippen molar-refractivity contribution in [2.24, 2.45) is 0 Å². The van der Waals surface area contributed by atoms with Crippen molar-refractivity contribution in [1.29, 1.82) is 0 Å². The van der Waals surface area contributed by atoms with Gasteiger partial charge in [0.1, 0.15) is 0 Å². The lowest BCUT2D eigenvalue weighted by Crippen LogP contribution is -2.49. The molecule has 0 amide bonds. The van der Waals surface area contributed by atoms with Gasteiger partial charge in [0, 0.05) is 20.1 Å². The average Bonchev–Trinajstić information content (AvgIpc) is 2.79. The van der Waals surface area contributed by atoms with Crippen molar-refractivity contribution in [2.45, 2.75) is 76.7 Å². The molecular formula is C29H43N3O2S. The number of rotatable bonds is 11. The van der Waals surface area contributed by atoms with E-state index in [0.717, 1.165) is 60.3 Å². The molecule has 5 nitrogen and oxygen atoms in total. The zero-order valence-electron chi connectivity index (χ0n) is 22.4. The van der Waals surface area contributed by atoms with Crippen molar-refractivity contribution in [3.63, 3.8) is 0 Å². The number of fused-ring (bicyclic) bond motifs is 1. The van der Waals surface area contributed by atoms with Crippen LogP contribution in [0.25, 0.3) is 0 Å². The predicted molar refractivity (Wildman–Crippen MR) is 149 cm³/mol. The molecule has 6 heteroatoms. The molecule has 35 heavy (non-hydrogen) atoms. The van der Waals surface area contributed by atoms with E-state index in [-0.39, 0.29) is 12.0 Å². The van der Waals surface area contributed by atoms with Gasteiger partial charge in [-0.15, -0.1) is 6.58 Å². The Bertz CT molecular complexity index is 1140. The molecule has 2 aromatic carbocycles. The first-order valence-electron chi connectivity index (χ1n) is 12.8. The number of likely N-dealkylation sites (N-methyl/N-ethyl adjacent to an activating group) is 2. The molecule has 1 heterocycles. The van der Waals surface area contributed by atoms with Gasteiger partial charge in [0.15, 0.2) is 0 Å². The summed E-state index contributed by atoms with van der Waals surface area (Å²) in [4.78, 5) is 2.57. The van der Waals surface area contributed by atoms with E-state index >= 15 is 0 Å². The Morgan fingerprint density at radius 1 is 1.14 bits per heavy atom. The van der Waals surface area contributed by atoms with Crippen molar-refractivity contribution >= 4 is 21.4 Å². The maximum absolute atomic E-state index is 14.2. The number of anilines is 2. The molecule has 1 N–H and O–H groups in total. The smallest absolute Gasteiger partial charge is 0.264 e. The van der Waals surface area contributed by atoms with Crippen molar-refractivity contribution in [2.75, 3.05) is 36.4 Å². The monoisotopic (exact) mass is 497 g/mol. The lowest BCUT2D eigenvalue weighted by molar-refractivity contribution is 0.533. The Balaban J connectivity index is 1.95. The Labute approximate surface area is 213 Å². The third kappa shape index (κ3) is 6.10. The van der Waals surface area contributed by atoms with Crippen LogP contribution in [0.5, 0.6) is 0 Å². The Morgan fingerprint density at radius 2 is 1.89 bits per heavy atom. The molecule has 1 unspecified atom stereocenters. The van der Waals surface area contributed by atoms with E-state index < -0.39 is 10.0 Å². The van der Waals surface area contributed by atoms with Crippen LogP contribution in [0.3, 0.4) is 0 Å². The fourth-order valence-corrected chi connectivity index (χ4v) is 7.26. The topological polar surface area (TPSA) is 52.7 Å². The zero-order chi connectivity index (χ0) is 25.8. The highest BCUT2D eigenvalue weighted by atomic mass is 32.2. The fourth-order valence-electron chi connectivity index (χ4n) is 5.27. The van der Waals surface area contributed by atoms with Crippen LogP contribution in [0.4, 0.5) is 11.4 Å². The molecule has 0 radical (unpaired) electrons. The van der Waals surface area contributed by atoms with Gasteiger partial charge in [-0.3, -0.25) is 4.31 Å². The van der Waals surface area contributed by atoms with E-state index in [1.54, 1.807) is 4.31 Å². The number of benzene rings is 2. The fraction of sp³-hybridized carbons (Fsp3) is 0.517. The summed E-state index contributed by atoms with van der Waals surface area (Å²) in [7, 11) is 0.261. The highest BCUT2D eigenvalue weighted by Gasteiger charge is 2.37. The predicted octanol–water partition coefficient (Wildman–Crippen LogP) is 6.17. The normalized spacial score (nSPS) is 16.8. The van der Waals surface area contributed by atoms with Crippen LogP contribution < -0.4 is 14.5 Å². The molecule has 0 saturated heterocycles. The molecule has 2 aromatic rings. The number of allylic oxidation sites excluding steroid dienone is 1. The summed E-state index contributed by atoms with van der Waals surface area (Å²) in [6.45, 7) is 13.5. The van der Waals surface area contributed by atoms with Gasteiger partial charge in [0.2, 0.25) is 0 Å². The van der Waals surface area contributed by atoms with Gasteiger partial charge in [0.25, 0.3) is 10.0 Å².